The molecule has 0 unspecified atom stereocenters. The monoisotopic (exact) mass is 460 g/mol. The summed E-state index contributed by atoms with van der Waals surface area (Å²) in [5.74, 6) is 0.939. The van der Waals surface area contributed by atoms with Crippen LogP contribution in [-0.2, 0) is 4.74 Å². The summed E-state index contributed by atoms with van der Waals surface area (Å²) in [5.41, 5.74) is 8.31. The van der Waals surface area contributed by atoms with Crippen LogP contribution in [0.25, 0.3) is 49.8 Å². The lowest BCUT2D eigenvalue weighted by Gasteiger charge is -2.29. The zero-order valence-corrected chi connectivity index (χ0v) is 19.4. The second-order valence-corrected chi connectivity index (χ2v) is 8.97. The molecule has 1 aliphatic heterocycles. The van der Waals surface area contributed by atoms with Gasteiger partial charge in [0.15, 0.2) is 0 Å². The molecule has 7 rings (SSSR count). The van der Waals surface area contributed by atoms with Crippen molar-refractivity contribution in [2.24, 2.45) is 0 Å². The SMILES string of the molecule is Cc1nc2cnc3ccc(-c4cnc5[nH]ccc5c4)cc3c2n1-c1ccc(N2CCOCC2)cc1. The van der Waals surface area contributed by atoms with E-state index < -0.39 is 0 Å². The third-order valence-corrected chi connectivity index (χ3v) is 6.87. The predicted molar refractivity (Wildman–Crippen MR) is 139 cm³/mol. The van der Waals surface area contributed by atoms with Crippen molar-refractivity contribution >= 4 is 38.7 Å². The lowest BCUT2D eigenvalue weighted by atomic mass is 10.0. The summed E-state index contributed by atoms with van der Waals surface area (Å²) < 4.78 is 7.74. The van der Waals surface area contributed by atoms with Crippen LogP contribution in [0.3, 0.4) is 0 Å². The zero-order chi connectivity index (χ0) is 23.4. The average Bonchev–Trinajstić information content (AvgIpc) is 3.52. The summed E-state index contributed by atoms with van der Waals surface area (Å²) in [4.78, 5) is 19.6. The number of morpholine rings is 1. The Balaban J connectivity index is 1.37. The number of fused-ring (bicyclic) bond motifs is 4. The molecule has 7 heteroatoms. The van der Waals surface area contributed by atoms with Crippen molar-refractivity contribution in [3.63, 3.8) is 0 Å². The molecule has 5 heterocycles. The second kappa shape index (κ2) is 7.92. The lowest BCUT2D eigenvalue weighted by molar-refractivity contribution is 0.122. The third-order valence-electron chi connectivity index (χ3n) is 6.87. The number of pyridine rings is 2. The van der Waals surface area contributed by atoms with Gasteiger partial charge in [-0.1, -0.05) is 6.07 Å². The van der Waals surface area contributed by atoms with Crippen LogP contribution in [0.2, 0.25) is 0 Å². The standard InChI is InChI=1S/C28H24N6O/c1-18-32-26-17-30-25-7-2-19(21-14-20-8-9-29-28(20)31-16-21)15-24(25)27(26)34(18)23-5-3-22(4-6-23)33-10-12-35-13-11-33/h2-9,14-17H,10-13H2,1H3,(H,29,31). The average molecular weight is 461 g/mol. The van der Waals surface area contributed by atoms with E-state index in [0.29, 0.717) is 0 Å². The molecule has 4 aromatic heterocycles. The second-order valence-electron chi connectivity index (χ2n) is 8.97. The summed E-state index contributed by atoms with van der Waals surface area (Å²) in [7, 11) is 0. The fraction of sp³-hybridized carbons (Fsp3) is 0.179. The number of nitrogens with one attached hydrogen (secondary N) is 1. The van der Waals surface area contributed by atoms with Crippen molar-refractivity contribution in [1.82, 2.24) is 24.5 Å². The molecule has 1 fully saturated rings. The van der Waals surface area contributed by atoms with Gasteiger partial charge in [0.05, 0.1) is 30.4 Å². The molecule has 2 aromatic carbocycles. The molecule has 0 radical (unpaired) electrons. The summed E-state index contributed by atoms with van der Waals surface area (Å²) in [6.45, 7) is 5.46. The molecule has 7 nitrogen and oxygen atoms in total. The first-order valence-electron chi connectivity index (χ1n) is 11.9. The number of hydrogen-bond donors (Lipinski definition) is 1. The normalized spacial score (nSPS) is 14.4. The molecule has 0 bridgehead atoms. The van der Waals surface area contributed by atoms with Crippen LogP contribution >= 0.6 is 0 Å². The number of nitrogens with zero attached hydrogens (tertiary/aromatic N) is 5. The van der Waals surface area contributed by atoms with E-state index in [1.165, 1.54) is 5.69 Å². The first-order chi connectivity index (χ1) is 17.2. The Labute approximate surface area is 202 Å². The molecule has 172 valence electrons. The number of aromatic nitrogens is 5. The fourth-order valence-electron chi connectivity index (χ4n) is 5.10. The summed E-state index contributed by atoms with van der Waals surface area (Å²) >= 11 is 0. The van der Waals surface area contributed by atoms with Crippen molar-refractivity contribution in [2.75, 3.05) is 31.2 Å². The summed E-state index contributed by atoms with van der Waals surface area (Å²) in [6.07, 6.45) is 5.71. The van der Waals surface area contributed by atoms with Gasteiger partial charge in [-0.25, -0.2) is 9.97 Å². The number of ether oxygens (including phenoxy) is 1. The molecule has 0 aliphatic carbocycles. The van der Waals surface area contributed by atoms with Crippen LogP contribution in [0.1, 0.15) is 5.82 Å². The first kappa shape index (κ1) is 20.2. The number of aromatic amines is 1. The van der Waals surface area contributed by atoms with Gasteiger partial charge in [-0.05, 0) is 61.0 Å². The van der Waals surface area contributed by atoms with E-state index in [2.05, 4.69) is 74.9 Å². The smallest absolute Gasteiger partial charge is 0.137 e. The van der Waals surface area contributed by atoms with Gasteiger partial charge in [-0.2, -0.15) is 0 Å². The Morgan fingerprint density at radius 3 is 2.51 bits per heavy atom. The fourth-order valence-corrected chi connectivity index (χ4v) is 5.10. The van der Waals surface area contributed by atoms with Crippen molar-refractivity contribution < 1.29 is 4.74 Å². The number of hydrogen-bond acceptors (Lipinski definition) is 5. The number of anilines is 1. The highest BCUT2D eigenvalue weighted by atomic mass is 16.5. The minimum Gasteiger partial charge on any atom is -0.378 e. The summed E-state index contributed by atoms with van der Waals surface area (Å²) in [5, 5.41) is 2.17. The van der Waals surface area contributed by atoms with E-state index in [4.69, 9.17) is 14.7 Å². The third kappa shape index (κ3) is 3.35. The first-order valence-corrected chi connectivity index (χ1v) is 11.9. The van der Waals surface area contributed by atoms with Gasteiger partial charge in [-0.3, -0.25) is 9.55 Å². The lowest BCUT2D eigenvalue weighted by Crippen LogP contribution is -2.36. The molecule has 0 amide bonds. The van der Waals surface area contributed by atoms with Gasteiger partial charge in [-0.15, -0.1) is 0 Å². The van der Waals surface area contributed by atoms with Crippen molar-refractivity contribution in [3.05, 3.63) is 79.0 Å². The van der Waals surface area contributed by atoms with E-state index >= 15 is 0 Å². The molecular weight excluding hydrogens is 436 g/mol. The van der Waals surface area contributed by atoms with Gasteiger partial charge < -0.3 is 14.6 Å². The molecule has 1 saturated heterocycles. The van der Waals surface area contributed by atoms with Crippen LogP contribution in [0, 0.1) is 6.92 Å². The molecule has 35 heavy (non-hydrogen) atoms. The summed E-state index contributed by atoms with van der Waals surface area (Å²) in [6, 6.07) is 19.4. The Morgan fingerprint density at radius 2 is 1.66 bits per heavy atom. The van der Waals surface area contributed by atoms with Gasteiger partial charge in [0, 0.05) is 53.2 Å². The van der Waals surface area contributed by atoms with E-state index in [1.54, 1.807) is 0 Å². The van der Waals surface area contributed by atoms with Crippen molar-refractivity contribution in [2.45, 2.75) is 6.92 Å². The molecule has 6 aromatic rings. The molecule has 1 aliphatic rings. The highest BCUT2D eigenvalue weighted by molar-refractivity contribution is 6.05. The minimum atomic E-state index is 0.779. The van der Waals surface area contributed by atoms with Gasteiger partial charge in [0.1, 0.15) is 17.0 Å². The number of benzene rings is 2. The molecule has 1 N–H and O–H groups in total. The maximum Gasteiger partial charge on any atom is 0.137 e. The minimum absolute atomic E-state index is 0.779. The number of aryl methyl sites for hydroxylation is 1. The van der Waals surface area contributed by atoms with E-state index in [0.717, 1.165) is 81.9 Å². The topological polar surface area (TPSA) is 71.9 Å². The number of H-pyrrole nitrogens is 1. The van der Waals surface area contributed by atoms with Crippen LogP contribution < -0.4 is 4.90 Å². The number of rotatable bonds is 3. The van der Waals surface area contributed by atoms with Gasteiger partial charge in [0.25, 0.3) is 0 Å². The van der Waals surface area contributed by atoms with E-state index in [1.807, 2.05) is 24.7 Å². The highest BCUT2D eigenvalue weighted by Crippen LogP contribution is 2.32. The van der Waals surface area contributed by atoms with Crippen LogP contribution in [0.5, 0.6) is 0 Å². The van der Waals surface area contributed by atoms with E-state index in [9.17, 15) is 0 Å². The molecular formula is C28H24N6O. The van der Waals surface area contributed by atoms with Crippen LogP contribution in [0.15, 0.2) is 73.2 Å². The Hall–Kier alpha value is -4.23. The van der Waals surface area contributed by atoms with E-state index in [-0.39, 0.29) is 0 Å². The van der Waals surface area contributed by atoms with Crippen molar-refractivity contribution in [3.8, 4) is 16.8 Å². The zero-order valence-electron chi connectivity index (χ0n) is 19.4. The molecule has 0 atom stereocenters. The largest absolute Gasteiger partial charge is 0.378 e. The molecule has 0 saturated carbocycles. The Bertz CT molecular complexity index is 1690. The van der Waals surface area contributed by atoms with Crippen LogP contribution in [-0.4, -0.2) is 50.8 Å². The predicted octanol–water partition coefficient (Wildman–Crippen LogP) is 5.26. The van der Waals surface area contributed by atoms with Crippen molar-refractivity contribution in [1.29, 1.82) is 0 Å². The maximum absolute atomic E-state index is 5.50. The van der Waals surface area contributed by atoms with Gasteiger partial charge >= 0.3 is 0 Å². The van der Waals surface area contributed by atoms with Gasteiger partial charge in [0.2, 0.25) is 0 Å². The maximum atomic E-state index is 5.50. The number of imidazole rings is 1. The Kier molecular flexibility index (Phi) is 4.57. The Morgan fingerprint density at radius 1 is 0.829 bits per heavy atom. The highest BCUT2D eigenvalue weighted by Gasteiger charge is 2.16. The van der Waals surface area contributed by atoms with Crippen LogP contribution in [0.4, 0.5) is 5.69 Å². The molecule has 0 spiro atoms. The quantitative estimate of drug-likeness (QED) is 0.390.